The molecule has 2 aromatic carbocycles. The van der Waals surface area contributed by atoms with Gasteiger partial charge in [-0.1, -0.05) is 18.2 Å². The van der Waals surface area contributed by atoms with Gasteiger partial charge in [-0.3, -0.25) is 0 Å². The maximum atomic E-state index is 13.2. The summed E-state index contributed by atoms with van der Waals surface area (Å²) in [6.07, 6.45) is 8.52. The first-order valence-electron chi connectivity index (χ1n) is 10.7. The van der Waals surface area contributed by atoms with Crippen molar-refractivity contribution >= 4 is 11.6 Å². The van der Waals surface area contributed by atoms with E-state index in [1.807, 2.05) is 29.8 Å². The largest absolute Gasteiger partial charge is 0.495 e. The minimum atomic E-state index is -0.230. The summed E-state index contributed by atoms with van der Waals surface area (Å²) in [6, 6.07) is 12.7. The summed E-state index contributed by atoms with van der Waals surface area (Å²) in [5.41, 5.74) is 5.13. The van der Waals surface area contributed by atoms with E-state index >= 15 is 0 Å². The van der Waals surface area contributed by atoms with Gasteiger partial charge in [-0.15, -0.1) is 10.2 Å². The van der Waals surface area contributed by atoms with Gasteiger partial charge in [0.15, 0.2) is 5.82 Å². The van der Waals surface area contributed by atoms with E-state index in [1.54, 1.807) is 25.6 Å². The van der Waals surface area contributed by atoms with E-state index in [-0.39, 0.29) is 5.82 Å². The highest BCUT2D eigenvalue weighted by Crippen LogP contribution is 2.31. The summed E-state index contributed by atoms with van der Waals surface area (Å²) in [6.45, 7) is 2.85. The van der Waals surface area contributed by atoms with Crippen molar-refractivity contribution in [2.45, 2.75) is 32.7 Å². The molecule has 32 heavy (non-hydrogen) atoms. The molecular formula is C25H24FN5O. The number of rotatable bonds is 5. The molecule has 3 heterocycles. The van der Waals surface area contributed by atoms with Gasteiger partial charge in [0.1, 0.15) is 17.4 Å². The standard InChI is InChI=1S/C25H24FN5O/c1-17-15-30(16-27-17)22-10-7-19(13-23(22)32-2)12-20-4-3-11-31-24(28-29-25(20)31)14-18-5-8-21(26)9-6-18/h5-10,12-13,15-16H,3-4,11,14H2,1-2H3. The highest BCUT2D eigenvalue weighted by Gasteiger charge is 2.20. The number of benzene rings is 2. The minimum absolute atomic E-state index is 0.230. The smallest absolute Gasteiger partial charge is 0.159 e. The molecule has 4 aromatic rings. The molecule has 0 atom stereocenters. The fourth-order valence-corrected chi connectivity index (χ4v) is 4.15. The molecule has 0 amide bonds. The SMILES string of the molecule is COc1cc(C=C2CCCn3c(Cc4ccc(F)cc4)nnc32)ccc1-n1cnc(C)c1. The van der Waals surface area contributed by atoms with Crippen LogP contribution in [0.5, 0.6) is 5.75 Å². The van der Waals surface area contributed by atoms with Gasteiger partial charge in [0.05, 0.1) is 24.8 Å². The molecule has 0 saturated carbocycles. The molecule has 0 bridgehead atoms. The summed E-state index contributed by atoms with van der Waals surface area (Å²) < 4.78 is 23.0. The lowest BCUT2D eigenvalue weighted by Gasteiger charge is -2.18. The molecule has 0 N–H and O–H groups in total. The molecule has 5 rings (SSSR count). The molecular weight excluding hydrogens is 405 g/mol. The average Bonchev–Trinajstić information content (AvgIpc) is 3.42. The maximum Gasteiger partial charge on any atom is 0.159 e. The quantitative estimate of drug-likeness (QED) is 0.455. The Morgan fingerprint density at radius 2 is 1.97 bits per heavy atom. The molecule has 0 spiro atoms. The molecule has 0 saturated heterocycles. The van der Waals surface area contributed by atoms with Crippen LogP contribution >= 0.6 is 0 Å². The fraction of sp³-hybridized carbons (Fsp3) is 0.240. The number of halogens is 1. The van der Waals surface area contributed by atoms with Crippen LogP contribution in [0.2, 0.25) is 0 Å². The second kappa shape index (κ2) is 8.42. The van der Waals surface area contributed by atoms with Gasteiger partial charge in [0.25, 0.3) is 0 Å². The van der Waals surface area contributed by atoms with Crippen molar-refractivity contribution in [2.75, 3.05) is 7.11 Å². The Kier molecular flexibility index (Phi) is 5.31. The van der Waals surface area contributed by atoms with Crippen LogP contribution in [0.25, 0.3) is 17.3 Å². The third-order valence-corrected chi connectivity index (χ3v) is 5.75. The van der Waals surface area contributed by atoms with Crippen molar-refractivity contribution in [1.82, 2.24) is 24.3 Å². The lowest BCUT2D eigenvalue weighted by atomic mass is 10.0. The number of aryl methyl sites for hydroxylation is 1. The van der Waals surface area contributed by atoms with Crippen molar-refractivity contribution in [3.05, 3.63) is 89.3 Å². The van der Waals surface area contributed by atoms with E-state index in [0.717, 1.165) is 64.9 Å². The van der Waals surface area contributed by atoms with Gasteiger partial charge in [0.2, 0.25) is 0 Å². The van der Waals surface area contributed by atoms with E-state index in [1.165, 1.54) is 12.1 Å². The summed E-state index contributed by atoms with van der Waals surface area (Å²) in [4.78, 5) is 4.30. The second-order valence-electron chi connectivity index (χ2n) is 8.02. The lowest BCUT2D eigenvalue weighted by molar-refractivity contribution is 0.413. The first kappa shape index (κ1) is 20.2. The van der Waals surface area contributed by atoms with Crippen LogP contribution in [-0.4, -0.2) is 31.4 Å². The van der Waals surface area contributed by atoms with Gasteiger partial charge in [-0.2, -0.15) is 0 Å². The Labute approximate surface area is 186 Å². The van der Waals surface area contributed by atoms with Gasteiger partial charge in [-0.25, -0.2) is 9.37 Å². The van der Waals surface area contributed by atoms with Crippen LogP contribution in [0.15, 0.2) is 55.0 Å². The summed E-state index contributed by atoms with van der Waals surface area (Å²) >= 11 is 0. The Balaban J connectivity index is 1.45. The van der Waals surface area contributed by atoms with Crippen molar-refractivity contribution in [3.8, 4) is 11.4 Å². The lowest BCUT2D eigenvalue weighted by Crippen LogP contribution is -2.13. The van der Waals surface area contributed by atoms with E-state index in [4.69, 9.17) is 4.74 Å². The minimum Gasteiger partial charge on any atom is -0.495 e. The molecule has 0 radical (unpaired) electrons. The highest BCUT2D eigenvalue weighted by molar-refractivity contribution is 5.80. The van der Waals surface area contributed by atoms with Crippen LogP contribution in [0.4, 0.5) is 4.39 Å². The first-order chi connectivity index (χ1) is 15.6. The fourth-order valence-electron chi connectivity index (χ4n) is 4.15. The zero-order valence-corrected chi connectivity index (χ0v) is 18.1. The van der Waals surface area contributed by atoms with Crippen molar-refractivity contribution in [1.29, 1.82) is 0 Å². The van der Waals surface area contributed by atoms with Crippen molar-refractivity contribution in [3.63, 3.8) is 0 Å². The number of imidazole rings is 1. The van der Waals surface area contributed by atoms with Crippen LogP contribution < -0.4 is 4.74 Å². The number of hydrogen-bond donors (Lipinski definition) is 0. The van der Waals surface area contributed by atoms with Crippen molar-refractivity contribution in [2.24, 2.45) is 0 Å². The summed E-state index contributed by atoms with van der Waals surface area (Å²) in [7, 11) is 1.68. The van der Waals surface area contributed by atoms with E-state index in [9.17, 15) is 4.39 Å². The number of nitrogens with zero attached hydrogens (tertiary/aromatic N) is 5. The topological polar surface area (TPSA) is 57.8 Å². The van der Waals surface area contributed by atoms with Crippen LogP contribution in [0.1, 0.15) is 41.3 Å². The van der Waals surface area contributed by atoms with Gasteiger partial charge < -0.3 is 13.9 Å². The molecule has 7 heteroatoms. The van der Waals surface area contributed by atoms with E-state index in [2.05, 4.69) is 31.9 Å². The van der Waals surface area contributed by atoms with E-state index < -0.39 is 0 Å². The third kappa shape index (κ3) is 3.93. The van der Waals surface area contributed by atoms with Crippen LogP contribution in [0.3, 0.4) is 0 Å². The predicted octanol–water partition coefficient (Wildman–Crippen LogP) is 4.85. The second-order valence-corrected chi connectivity index (χ2v) is 8.02. The number of aromatic nitrogens is 5. The number of fused-ring (bicyclic) bond motifs is 1. The molecule has 162 valence electrons. The number of allylic oxidation sites excluding steroid dienone is 1. The Hall–Kier alpha value is -3.74. The maximum absolute atomic E-state index is 13.2. The van der Waals surface area contributed by atoms with Crippen LogP contribution in [0, 0.1) is 12.7 Å². The molecule has 2 aromatic heterocycles. The first-order valence-corrected chi connectivity index (χ1v) is 10.7. The monoisotopic (exact) mass is 429 g/mol. The molecule has 1 aliphatic rings. The van der Waals surface area contributed by atoms with Gasteiger partial charge in [-0.05, 0) is 66.8 Å². The molecule has 1 aliphatic heterocycles. The molecule has 0 unspecified atom stereocenters. The molecule has 0 aliphatic carbocycles. The Bertz CT molecular complexity index is 1290. The number of methoxy groups -OCH3 is 1. The molecule has 0 fully saturated rings. The van der Waals surface area contributed by atoms with Crippen molar-refractivity contribution < 1.29 is 9.13 Å². The summed E-state index contributed by atoms with van der Waals surface area (Å²) in [5, 5.41) is 8.93. The summed E-state index contributed by atoms with van der Waals surface area (Å²) in [5.74, 6) is 2.36. The third-order valence-electron chi connectivity index (χ3n) is 5.75. The molecule has 6 nitrogen and oxygen atoms in total. The Morgan fingerprint density at radius 1 is 1.12 bits per heavy atom. The van der Waals surface area contributed by atoms with Gasteiger partial charge >= 0.3 is 0 Å². The average molecular weight is 429 g/mol. The predicted molar refractivity (Wildman–Crippen MR) is 121 cm³/mol. The zero-order valence-electron chi connectivity index (χ0n) is 18.1. The van der Waals surface area contributed by atoms with Gasteiger partial charge in [0, 0.05) is 19.2 Å². The zero-order chi connectivity index (χ0) is 22.1. The van der Waals surface area contributed by atoms with Crippen LogP contribution in [-0.2, 0) is 13.0 Å². The normalized spacial score (nSPS) is 14.5. The van der Waals surface area contributed by atoms with E-state index in [0.29, 0.717) is 6.42 Å². The highest BCUT2D eigenvalue weighted by atomic mass is 19.1. The number of hydrogen-bond acceptors (Lipinski definition) is 4. The Morgan fingerprint density at radius 3 is 2.72 bits per heavy atom. The number of ether oxygens (including phenoxy) is 1.